The minimum absolute atomic E-state index is 0.0292. The van der Waals surface area contributed by atoms with E-state index in [-0.39, 0.29) is 39.1 Å². The number of hydrogen-bond acceptors (Lipinski definition) is 9. The maximum Gasteiger partial charge on any atom is 0.410 e. The van der Waals surface area contributed by atoms with Crippen LogP contribution in [0.3, 0.4) is 0 Å². The Balaban J connectivity index is 1.26. The van der Waals surface area contributed by atoms with Crippen molar-refractivity contribution in [2.24, 2.45) is 5.92 Å². The summed E-state index contributed by atoms with van der Waals surface area (Å²) in [6.45, 7) is 3.74. The van der Waals surface area contributed by atoms with Crippen molar-refractivity contribution < 1.29 is 50.6 Å². The number of alkyl halides is 2. The standard InChI is InChI=1S/C33H39F2N5O9S/c1-2-21-15-33(21,30(43)38-50(46,47)23-10-11-23)37-28(41)26-13-22-17-40(26)29(42)25(14-27(34)35)36-31(44)48-12-5-3-4-7-19-8-6-9-20-16-39(18-24(19)20)32(45)49-22/h2,4,6-9,21-23,25-27H,1,3,5,10-18H2,(H,36,44)(H,37,41)(H,38,43)/b7-4+/t21-,22+,25-,26-,33+/m0/s1. The van der Waals surface area contributed by atoms with Crippen LogP contribution in [0.4, 0.5) is 18.4 Å². The Bertz CT molecular complexity index is 1720. The molecule has 0 spiro atoms. The summed E-state index contributed by atoms with van der Waals surface area (Å²) >= 11 is 0. The first-order valence-electron chi connectivity index (χ1n) is 16.6. The molecule has 1 aromatic rings. The topological polar surface area (TPSA) is 181 Å². The SMILES string of the molecule is C=C[C@H]1C[C@]1(NC(=O)[C@@H]1C[C@@H]2CN1C(=O)[C@H](CC(F)F)NC(=O)OCCC/C=C/c1cccc3c1CN(C3)C(=O)O2)C(=O)NS(=O)(=O)C1CC1. The zero-order valence-electron chi connectivity index (χ0n) is 27.1. The lowest BCUT2D eigenvalue weighted by Gasteiger charge is -2.29. The highest BCUT2D eigenvalue weighted by Crippen LogP contribution is 2.45. The molecule has 0 radical (unpaired) electrons. The number of cyclic esters (lactones) is 1. The Labute approximate surface area is 287 Å². The van der Waals surface area contributed by atoms with Crippen molar-refractivity contribution in [1.82, 2.24) is 25.2 Å². The van der Waals surface area contributed by atoms with Gasteiger partial charge in [0.15, 0.2) is 0 Å². The molecular weight excluding hydrogens is 680 g/mol. The van der Waals surface area contributed by atoms with E-state index >= 15 is 0 Å². The molecule has 2 aliphatic carbocycles. The normalized spacial score (nSPS) is 29.1. The van der Waals surface area contributed by atoms with Crippen LogP contribution in [0.5, 0.6) is 0 Å². The molecule has 270 valence electrons. The van der Waals surface area contributed by atoms with Crippen molar-refractivity contribution in [3.05, 3.63) is 53.6 Å². The lowest BCUT2D eigenvalue weighted by Crippen LogP contribution is -2.58. The summed E-state index contributed by atoms with van der Waals surface area (Å²) in [4.78, 5) is 69.5. The molecule has 50 heavy (non-hydrogen) atoms. The highest BCUT2D eigenvalue weighted by molar-refractivity contribution is 7.91. The lowest BCUT2D eigenvalue weighted by atomic mass is 10.0. The molecule has 3 aliphatic heterocycles. The van der Waals surface area contributed by atoms with Gasteiger partial charge in [-0.3, -0.25) is 24.0 Å². The molecule has 3 fully saturated rings. The predicted octanol–water partition coefficient (Wildman–Crippen LogP) is 2.33. The van der Waals surface area contributed by atoms with Crippen molar-refractivity contribution in [3.63, 3.8) is 0 Å². The monoisotopic (exact) mass is 719 g/mol. The summed E-state index contributed by atoms with van der Waals surface area (Å²) < 4.78 is 65.5. The van der Waals surface area contributed by atoms with Crippen LogP contribution >= 0.6 is 0 Å². The summed E-state index contributed by atoms with van der Waals surface area (Å²) in [5.74, 6) is -3.54. The molecule has 1 saturated heterocycles. The van der Waals surface area contributed by atoms with E-state index in [4.69, 9.17) is 9.47 Å². The van der Waals surface area contributed by atoms with Crippen molar-refractivity contribution in [2.45, 2.75) is 93.4 Å². The van der Waals surface area contributed by atoms with Crippen LogP contribution in [0.1, 0.15) is 61.6 Å². The maximum atomic E-state index is 13.9. The maximum absolute atomic E-state index is 13.9. The Hall–Kier alpha value is -4.54. The molecule has 17 heteroatoms. The van der Waals surface area contributed by atoms with Gasteiger partial charge in [-0.2, -0.15) is 0 Å². The molecule has 14 nitrogen and oxygen atoms in total. The van der Waals surface area contributed by atoms with Crippen molar-refractivity contribution in [3.8, 4) is 0 Å². The van der Waals surface area contributed by atoms with Gasteiger partial charge in [-0.25, -0.2) is 26.8 Å². The second kappa shape index (κ2) is 14.0. The number of rotatable bonds is 8. The molecule has 6 rings (SSSR count). The second-order valence-corrected chi connectivity index (χ2v) is 15.2. The van der Waals surface area contributed by atoms with E-state index in [2.05, 4.69) is 17.2 Å². The number of sulfonamides is 1. The van der Waals surface area contributed by atoms with Crippen LogP contribution < -0.4 is 15.4 Å². The van der Waals surface area contributed by atoms with Crippen LogP contribution in [-0.2, 0) is 47.0 Å². The van der Waals surface area contributed by atoms with Gasteiger partial charge in [-0.15, -0.1) is 6.58 Å². The lowest BCUT2D eigenvalue weighted by molar-refractivity contribution is -0.141. The Morgan fingerprint density at radius 2 is 1.96 bits per heavy atom. The fourth-order valence-electron chi connectivity index (χ4n) is 6.70. The quantitative estimate of drug-likeness (QED) is 0.340. The van der Waals surface area contributed by atoms with Gasteiger partial charge in [0.1, 0.15) is 23.7 Å². The third-order valence-corrected chi connectivity index (χ3v) is 11.5. The molecular formula is C33H39F2N5O9S. The van der Waals surface area contributed by atoms with E-state index < -0.39 is 87.7 Å². The minimum atomic E-state index is -3.97. The summed E-state index contributed by atoms with van der Waals surface area (Å²) in [6, 6.07) is 2.44. The number of ether oxygens (including phenoxy) is 2. The highest BCUT2D eigenvalue weighted by Gasteiger charge is 2.62. The zero-order chi connectivity index (χ0) is 35.8. The van der Waals surface area contributed by atoms with Gasteiger partial charge in [0.05, 0.1) is 24.9 Å². The van der Waals surface area contributed by atoms with Gasteiger partial charge >= 0.3 is 12.2 Å². The van der Waals surface area contributed by atoms with Crippen molar-refractivity contribution in [2.75, 3.05) is 13.2 Å². The number of alkyl carbamates (subject to hydrolysis) is 1. The molecule has 1 aromatic carbocycles. The van der Waals surface area contributed by atoms with E-state index in [0.29, 0.717) is 25.7 Å². The minimum Gasteiger partial charge on any atom is -0.450 e. The van der Waals surface area contributed by atoms with E-state index in [9.17, 15) is 41.2 Å². The number of nitrogens with zero attached hydrogens (tertiary/aromatic N) is 2. The Morgan fingerprint density at radius 1 is 1.18 bits per heavy atom. The number of carbonyl (C=O) groups excluding carboxylic acids is 5. The molecule has 3 N–H and O–H groups in total. The third kappa shape index (κ3) is 7.46. The average Bonchev–Trinajstić information content (AvgIpc) is 3.95. The van der Waals surface area contributed by atoms with Crippen molar-refractivity contribution >= 4 is 46.0 Å². The summed E-state index contributed by atoms with van der Waals surface area (Å²) in [5, 5.41) is 4.06. The van der Waals surface area contributed by atoms with Gasteiger partial charge in [0.25, 0.3) is 5.91 Å². The molecule has 3 heterocycles. The van der Waals surface area contributed by atoms with E-state index in [1.54, 1.807) is 0 Å². The smallest absolute Gasteiger partial charge is 0.410 e. The van der Waals surface area contributed by atoms with Crippen LogP contribution in [0.15, 0.2) is 36.9 Å². The third-order valence-electron chi connectivity index (χ3n) is 9.69. The number of amides is 5. The number of hydrogen-bond donors (Lipinski definition) is 3. The van der Waals surface area contributed by atoms with Gasteiger partial charge in [-0.1, -0.05) is 36.4 Å². The van der Waals surface area contributed by atoms with E-state index in [0.717, 1.165) is 21.6 Å². The van der Waals surface area contributed by atoms with Gasteiger partial charge in [0, 0.05) is 25.3 Å². The highest BCUT2D eigenvalue weighted by atomic mass is 32.2. The molecule has 5 amide bonds. The number of fused-ring (bicyclic) bond motifs is 3. The van der Waals surface area contributed by atoms with E-state index in [1.807, 2.05) is 35.1 Å². The van der Waals surface area contributed by atoms with Crippen LogP contribution in [0.25, 0.3) is 6.08 Å². The van der Waals surface area contributed by atoms with Gasteiger partial charge in [0.2, 0.25) is 28.3 Å². The molecule has 0 unspecified atom stereocenters. The average molecular weight is 720 g/mol. The summed E-state index contributed by atoms with van der Waals surface area (Å²) in [5.41, 5.74) is 1.06. The van der Waals surface area contributed by atoms with Gasteiger partial charge in [-0.05, 0) is 48.8 Å². The molecule has 4 bridgehead atoms. The number of allylic oxidation sites excluding steroid dienone is 1. The zero-order valence-corrected chi connectivity index (χ0v) is 28.0. The molecule has 5 atom stereocenters. The first kappa shape index (κ1) is 35.3. The van der Waals surface area contributed by atoms with Crippen LogP contribution in [0, 0.1) is 5.92 Å². The fourth-order valence-corrected chi connectivity index (χ4v) is 8.07. The number of benzene rings is 1. The van der Waals surface area contributed by atoms with Crippen LogP contribution in [-0.4, -0.2) is 96.7 Å². The summed E-state index contributed by atoms with van der Waals surface area (Å²) in [6.07, 6.45) is -0.321. The predicted molar refractivity (Wildman–Crippen MR) is 172 cm³/mol. The first-order valence-corrected chi connectivity index (χ1v) is 18.1. The van der Waals surface area contributed by atoms with Gasteiger partial charge < -0.3 is 25.0 Å². The second-order valence-electron chi connectivity index (χ2n) is 13.3. The fraction of sp³-hybridized carbons (Fsp3) is 0.545. The van der Waals surface area contributed by atoms with E-state index in [1.165, 1.54) is 11.0 Å². The Kier molecular flexibility index (Phi) is 9.88. The molecule has 2 saturated carbocycles. The number of carbonyl (C=O) groups is 5. The molecule has 5 aliphatic rings. The molecule has 0 aromatic heterocycles. The number of nitrogens with one attached hydrogen (secondary N) is 3. The van der Waals surface area contributed by atoms with Crippen LogP contribution in [0.2, 0.25) is 0 Å². The number of halogens is 2. The first-order chi connectivity index (χ1) is 23.8. The largest absolute Gasteiger partial charge is 0.450 e. The van der Waals surface area contributed by atoms with Crippen molar-refractivity contribution in [1.29, 1.82) is 0 Å². The summed E-state index contributed by atoms with van der Waals surface area (Å²) in [7, 11) is -3.97. The Morgan fingerprint density at radius 3 is 2.66 bits per heavy atom.